The Hall–Kier alpha value is -0.930. The van der Waals surface area contributed by atoms with Gasteiger partial charge in [-0.25, -0.2) is 0 Å². The van der Waals surface area contributed by atoms with Crippen LogP contribution < -0.4 is 9.47 Å². The van der Waals surface area contributed by atoms with E-state index in [0.29, 0.717) is 6.04 Å². The van der Waals surface area contributed by atoms with Gasteiger partial charge in [-0.15, -0.1) is 11.6 Å². The second-order valence-electron chi connectivity index (χ2n) is 5.63. The molecule has 1 heterocycles. The van der Waals surface area contributed by atoms with Gasteiger partial charge in [0.2, 0.25) is 0 Å². The lowest BCUT2D eigenvalue weighted by atomic mass is 9.99. The summed E-state index contributed by atoms with van der Waals surface area (Å²) in [6.45, 7) is 4.33. The largest absolute Gasteiger partial charge is 0.493 e. The number of likely N-dealkylation sites (tertiary alicyclic amines) is 1. The van der Waals surface area contributed by atoms with Crippen LogP contribution in [0.4, 0.5) is 0 Å². The van der Waals surface area contributed by atoms with Crippen molar-refractivity contribution >= 4 is 11.6 Å². The summed E-state index contributed by atoms with van der Waals surface area (Å²) in [5, 5.41) is -0.0167. The molecule has 1 saturated heterocycles. The fourth-order valence-corrected chi connectivity index (χ4v) is 3.43. The van der Waals surface area contributed by atoms with Crippen molar-refractivity contribution in [2.24, 2.45) is 0 Å². The molecule has 0 amide bonds. The second-order valence-corrected chi connectivity index (χ2v) is 6.16. The Balaban J connectivity index is 2.07. The molecule has 2 unspecified atom stereocenters. The number of ether oxygens (including phenoxy) is 2. The Bertz CT molecular complexity index is 452. The zero-order valence-corrected chi connectivity index (χ0v) is 14.0. The first-order chi connectivity index (χ1) is 10.2. The molecule has 1 fully saturated rings. The van der Waals surface area contributed by atoms with Crippen LogP contribution in [-0.2, 0) is 0 Å². The number of methoxy groups -OCH3 is 2. The predicted molar refractivity (Wildman–Crippen MR) is 87.6 cm³/mol. The molecule has 0 saturated carbocycles. The maximum atomic E-state index is 6.65. The number of benzene rings is 1. The molecular weight excluding hydrogens is 286 g/mol. The SMILES string of the molecule is CCC1CCCCN1CC(Cl)c1ccc(OC)c(OC)c1. The Labute approximate surface area is 133 Å². The van der Waals surface area contributed by atoms with Crippen LogP contribution in [0.5, 0.6) is 11.5 Å². The van der Waals surface area contributed by atoms with Crippen LogP contribution in [0.15, 0.2) is 18.2 Å². The molecule has 2 rings (SSSR count). The number of nitrogens with zero attached hydrogens (tertiary/aromatic N) is 1. The standard InChI is InChI=1S/C17H26ClNO2/c1-4-14-7-5-6-10-19(14)12-15(18)13-8-9-16(20-2)17(11-13)21-3/h8-9,11,14-15H,4-7,10,12H2,1-3H3. The molecule has 118 valence electrons. The molecule has 1 aliphatic rings. The zero-order valence-electron chi connectivity index (χ0n) is 13.3. The number of halogens is 1. The molecule has 3 nitrogen and oxygen atoms in total. The van der Waals surface area contributed by atoms with Crippen molar-refractivity contribution in [1.29, 1.82) is 0 Å². The number of piperidine rings is 1. The number of hydrogen-bond donors (Lipinski definition) is 0. The quantitative estimate of drug-likeness (QED) is 0.733. The van der Waals surface area contributed by atoms with Gasteiger partial charge in [-0.2, -0.15) is 0 Å². The summed E-state index contributed by atoms with van der Waals surface area (Å²) < 4.78 is 10.6. The third-order valence-electron chi connectivity index (χ3n) is 4.38. The number of rotatable bonds is 6. The minimum absolute atomic E-state index is 0.0167. The average molecular weight is 312 g/mol. The predicted octanol–water partition coefficient (Wildman–Crippen LogP) is 4.25. The first kappa shape index (κ1) is 16.4. The van der Waals surface area contributed by atoms with E-state index < -0.39 is 0 Å². The summed E-state index contributed by atoms with van der Waals surface area (Å²) in [4.78, 5) is 2.54. The molecule has 2 atom stereocenters. The van der Waals surface area contributed by atoms with E-state index >= 15 is 0 Å². The Morgan fingerprint density at radius 1 is 1.24 bits per heavy atom. The Morgan fingerprint density at radius 2 is 2.00 bits per heavy atom. The topological polar surface area (TPSA) is 21.7 Å². The van der Waals surface area contributed by atoms with Gasteiger partial charge in [0, 0.05) is 12.6 Å². The molecule has 0 bridgehead atoms. The maximum Gasteiger partial charge on any atom is 0.161 e. The summed E-state index contributed by atoms with van der Waals surface area (Å²) in [6, 6.07) is 6.63. The zero-order chi connectivity index (χ0) is 15.2. The Kier molecular flexibility index (Phi) is 6.19. The highest BCUT2D eigenvalue weighted by Gasteiger charge is 2.24. The van der Waals surface area contributed by atoms with E-state index in [1.807, 2.05) is 18.2 Å². The highest BCUT2D eigenvalue weighted by atomic mass is 35.5. The third-order valence-corrected chi connectivity index (χ3v) is 4.77. The van der Waals surface area contributed by atoms with E-state index in [1.165, 1.54) is 25.7 Å². The summed E-state index contributed by atoms with van der Waals surface area (Å²) in [7, 11) is 3.30. The molecule has 1 aromatic rings. The average Bonchev–Trinajstić information content (AvgIpc) is 2.54. The van der Waals surface area contributed by atoms with Crippen LogP contribution in [0.25, 0.3) is 0 Å². The second kappa shape index (κ2) is 7.90. The van der Waals surface area contributed by atoms with E-state index in [9.17, 15) is 0 Å². The fraction of sp³-hybridized carbons (Fsp3) is 0.647. The van der Waals surface area contributed by atoms with Crippen molar-refractivity contribution in [3.05, 3.63) is 23.8 Å². The number of alkyl halides is 1. The van der Waals surface area contributed by atoms with E-state index in [2.05, 4.69) is 11.8 Å². The highest BCUT2D eigenvalue weighted by Crippen LogP contribution is 2.33. The van der Waals surface area contributed by atoms with Crippen LogP contribution >= 0.6 is 11.6 Å². The number of hydrogen-bond acceptors (Lipinski definition) is 3. The van der Waals surface area contributed by atoms with Gasteiger partial charge >= 0.3 is 0 Å². The molecule has 0 aliphatic carbocycles. The van der Waals surface area contributed by atoms with Gasteiger partial charge < -0.3 is 9.47 Å². The van der Waals surface area contributed by atoms with Crippen molar-refractivity contribution in [2.75, 3.05) is 27.3 Å². The smallest absolute Gasteiger partial charge is 0.161 e. The maximum absolute atomic E-state index is 6.65. The van der Waals surface area contributed by atoms with Gasteiger partial charge in [-0.1, -0.05) is 19.4 Å². The molecule has 0 spiro atoms. The van der Waals surface area contributed by atoms with Crippen molar-refractivity contribution < 1.29 is 9.47 Å². The minimum Gasteiger partial charge on any atom is -0.493 e. The van der Waals surface area contributed by atoms with Gasteiger partial charge in [0.05, 0.1) is 19.6 Å². The lowest BCUT2D eigenvalue weighted by Gasteiger charge is -2.36. The van der Waals surface area contributed by atoms with E-state index in [1.54, 1.807) is 14.2 Å². The summed E-state index contributed by atoms with van der Waals surface area (Å²) >= 11 is 6.65. The van der Waals surface area contributed by atoms with Crippen LogP contribution in [0, 0.1) is 0 Å². The van der Waals surface area contributed by atoms with Gasteiger partial charge in [0.25, 0.3) is 0 Å². The molecule has 0 N–H and O–H groups in total. The van der Waals surface area contributed by atoms with Crippen molar-refractivity contribution in [2.45, 2.75) is 44.0 Å². The lowest BCUT2D eigenvalue weighted by Crippen LogP contribution is -2.40. The monoisotopic (exact) mass is 311 g/mol. The molecular formula is C17H26ClNO2. The highest BCUT2D eigenvalue weighted by molar-refractivity contribution is 6.21. The lowest BCUT2D eigenvalue weighted by molar-refractivity contribution is 0.144. The van der Waals surface area contributed by atoms with Gasteiger partial charge in [0.1, 0.15) is 0 Å². The fourth-order valence-electron chi connectivity index (χ4n) is 3.12. The Morgan fingerprint density at radius 3 is 2.67 bits per heavy atom. The molecule has 0 radical (unpaired) electrons. The first-order valence-corrected chi connectivity index (χ1v) is 8.23. The van der Waals surface area contributed by atoms with Crippen molar-refractivity contribution in [3.8, 4) is 11.5 Å². The van der Waals surface area contributed by atoms with Gasteiger partial charge in [-0.05, 0) is 43.5 Å². The molecule has 4 heteroatoms. The van der Waals surface area contributed by atoms with Crippen LogP contribution in [0.3, 0.4) is 0 Å². The molecule has 0 aromatic heterocycles. The van der Waals surface area contributed by atoms with E-state index in [4.69, 9.17) is 21.1 Å². The first-order valence-electron chi connectivity index (χ1n) is 7.79. The molecule has 21 heavy (non-hydrogen) atoms. The van der Waals surface area contributed by atoms with Crippen LogP contribution in [-0.4, -0.2) is 38.3 Å². The van der Waals surface area contributed by atoms with E-state index in [0.717, 1.165) is 30.2 Å². The minimum atomic E-state index is -0.0167. The van der Waals surface area contributed by atoms with Crippen molar-refractivity contribution in [3.63, 3.8) is 0 Å². The normalized spacial score (nSPS) is 21.0. The van der Waals surface area contributed by atoms with Crippen LogP contribution in [0.1, 0.15) is 43.5 Å². The summed E-state index contributed by atoms with van der Waals surface area (Å²) in [5.74, 6) is 1.49. The van der Waals surface area contributed by atoms with Crippen LogP contribution in [0.2, 0.25) is 0 Å². The van der Waals surface area contributed by atoms with E-state index in [-0.39, 0.29) is 5.38 Å². The summed E-state index contributed by atoms with van der Waals surface area (Å²) in [5.41, 5.74) is 1.09. The van der Waals surface area contributed by atoms with Crippen molar-refractivity contribution in [1.82, 2.24) is 4.90 Å². The summed E-state index contributed by atoms with van der Waals surface area (Å²) in [6.07, 6.45) is 5.13. The molecule has 1 aromatic carbocycles. The third kappa shape index (κ3) is 4.04. The van der Waals surface area contributed by atoms with Gasteiger partial charge in [0.15, 0.2) is 11.5 Å². The van der Waals surface area contributed by atoms with Gasteiger partial charge in [-0.3, -0.25) is 4.90 Å². The molecule has 1 aliphatic heterocycles.